The van der Waals surface area contributed by atoms with Crippen LogP contribution in [0.5, 0.6) is 0 Å². The number of hydrogen-bond donors (Lipinski definition) is 6. The van der Waals surface area contributed by atoms with E-state index in [9.17, 15) is 25.2 Å². The molecule has 1 saturated heterocycles. The molecule has 0 bridgehead atoms. The van der Waals surface area contributed by atoms with E-state index < -0.39 is 42.6 Å². The normalized spacial score (nSPS) is 41.7. The average molecular weight is 237 g/mol. The van der Waals surface area contributed by atoms with E-state index in [1.807, 2.05) is 0 Å². The van der Waals surface area contributed by atoms with Gasteiger partial charge < -0.3 is 36.0 Å². The molecule has 0 spiro atoms. The minimum atomic E-state index is -2.63. The molecule has 94 valence electrons. The van der Waals surface area contributed by atoms with Crippen LogP contribution in [0.4, 0.5) is 0 Å². The first-order chi connectivity index (χ1) is 7.31. The van der Waals surface area contributed by atoms with Crippen LogP contribution < -0.4 is 5.73 Å². The highest BCUT2D eigenvalue weighted by molar-refractivity contribution is 5.75. The zero-order valence-electron chi connectivity index (χ0n) is 8.35. The van der Waals surface area contributed by atoms with E-state index in [2.05, 4.69) is 4.74 Å². The molecule has 0 radical (unpaired) electrons. The number of hydrogen-bond acceptors (Lipinski definition) is 7. The lowest BCUT2D eigenvalue weighted by Crippen LogP contribution is -2.62. The second-order valence-electron chi connectivity index (χ2n) is 3.74. The number of carboxylic acid groups (broad SMARTS) is 1. The van der Waals surface area contributed by atoms with Crippen molar-refractivity contribution in [3.63, 3.8) is 0 Å². The molecule has 1 rings (SSSR count). The first-order valence-electron chi connectivity index (χ1n) is 4.69. The van der Waals surface area contributed by atoms with Crippen molar-refractivity contribution in [3.05, 3.63) is 0 Å². The number of aliphatic hydroxyl groups is 4. The summed E-state index contributed by atoms with van der Waals surface area (Å²) in [5, 5.41) is 46.4. The maximum atomic E-state index is 10.7. The second kappa shape index (κ2) is 4.62. The summed E-state index contributed by atoms with van der Waals surface area (Å²) in [7, 11) is 0. The van der Waals surface area contributed by atoms with Gasteiger partial charge in [0.2, 0.25) is 0 Å². The smallest absolute Gasteiger partial charge is 0.364 e. The zero-order valence-corrected chi connectivity index (χ0v) is 8.35. The van der Waals surface area contributed by atoms with Gasteiger partial charge in [-0.15, -0.1) is 0 Å². The third kappa shape index (κ3) is 2.32. The fourth-order valence-electron chi connectivity index (χ4n) is 1.54. The van der Waals surface area contributed by atoms with Gasteiger partial charge in [-0.05, 0) is 0 Å². The van der Waals surface area contributed by atoms with Crippen LogP contribution in [0.15, 0.2) is 0 Å². The lowest BCUT2D eigenvalue weighted by Gasteiger charge is -2.41. The molecule has 7 N–H and O–H groups in total. The summed E-state index contributed by atoms with van der Waals surface area (Å²) in [6.45, 7) is -0.301. The third-order valence-corrected chi connectivity index (χ3v) is 2.50. The Balaban J connectivity index is 2.89. The van der Waals surface area contributed by atoms with Gasteiger partial charge in [0.1, 0.15) is 12.2 Å². The summed E-state index contributed by atoms with van der Waals surface area (Å²) < 4.78 is 4.69. The molecule has 3 unspecified atom stereocenters. The quantitative estimate of drug-likeness (QED) is 0.297. The third-order valence-electron chi connectivity index (χ3n) is 2.50. The van der Waals surface area contributed by atoms with Gasteiger partial charge >= 0.3 is 5.97 Å². The summed E-state index contributed by atoms with van der Waals surface area (Å²) >= 11 is 0. The molecular weight excluding hydrogens is 222 g/mol. The first-order valence-corrected chi connectivity index (χ1v) is 4.69. The Hall–Kier alpha value is -0.770. The Morgan fingerprint density at radius 3 is 2.56 bits per heavy atom. The number of aliphatic carboxylic acids is 1. The summed E-state index contributed by atoms with van der Waals surface area (Å²) in [6.07, 6.45) is -6.53. The molecule has 0 amide bonds. The van der Waals surface area contributed by atoms with E-state index in [1.165, 1.54) is 0 Å². The summed E-state index contributed by atoms with van der Waals surface area (Å²) in [5.74, 6) is -4.33. The van der Waals surface area contributed by atoms with E-state index in [0.717, 1.165) is 0 Å². The molecule has 1 aliphatic rings. The van der Waals surface area contributed by atoms with E-state index in [0.29, 0.717) is 0 Å². The molecule has 16 heavy (non-hydrogen) atoms. The molecule has 1 heterocycles. The van der Waals surface area contributed by atoms with Gasteiger partial charge in [0.05, 0.1) is 12.2 Å². The fourth-order valence-corrected chi connectivity index (χ4v) is 1.54. The molecule has 1 fully saturated rings. The average Bonchev–Trinajstić information content (AvgIpc) is 2.22. The van der Waals surface area contributed by atoms with E-state index in [-0.39, 0.29) is 6.54 Å². The van der Waals surface area contributed by atoms with Gasteiger partial charge in [-0.1, -0.05) is 0 Å². The van der Waals surface area contributed by atoms with Gasteiger partial charge in [0.15, 0.2) is 0 Å². The van der Waals surface area contributed by atoms with Crippen LogP contribution in [-0.4, -0.2) is 68.2 Å². The first kappa shape index (κ1) is 13.3. The Morgan fingerprint density at radius 2 is 2.12 bits per heavy atom. The molecule has 8 heteroatoms. The largest absolute Gasteiger partial charge is 0.477 e. The zero-order chi connectivity index (χ0) is 12.5. The lowest BCUT2D eigenvalue weighted by molar-refractivity contribution is -0.306. The van der Waals surface area contributed by atoms with Crippen LogP contribution in [0, 0.1) is 0 Å². The number of carboxylic acids is 1. The minimum Gasteiger partial charge on any atom is -0.477 e. The Bertz CT molecular complexity index is 273. The molecule has 1 aliphatic heterocycles. The van der Waals surface area contributed by atoms with Gasteiger partial charge in [-0.3, -0.25) is 0 Å². The van der Waals surface area contributed by atoms with Crippen LogP contribution in [-0.2, 0) is 9.53 Å². The van der Waals surface area contributed by atoms with E-state index >= 15 is 0 Å². The standard InChI is InChI=1S/C8H15NO7/c9-2-4(11)6-5(12)3(10)1-8(15,16-6)7(13)14/h3-6,10-12,15H,1-2,9H2,(H,13,14)/t3?,4-,5?,6?,8-/m1/s1. The molecule has 0 saturated carbocycles. The summed E-state index contributed by atoms with van der Waals surface area (Å²) in [6, 6.07) is 0. The molecular formula is C8H15NO7. The van der Waals surface area contributed by atoms with Crippen LogP contribution in [0.3, 0.4) is 0 Å². The van der Waals surface area contributed by atoms with Crippen LogP contribution in [0.1, 0.15) is 6.42 Å². The van der Waals surface area contributed by atoms with Crippen molar-refractivity contribution in [2.75, 3.05) is 6.54 Å². The van der Waals surface area contributed by atoms with Crippen molar-refractivity contribution in [1.82, 2.24) is 0 Å². The fraction of sp³-hybridized carbons (Fsp3) is 0.875. The number of rotatable bonds is 3. The highest BCUT2D eigenvalue weighted by Gasteiger charge is 2.51. The van der Waals surface area contributed by atoms with Crippen molar-refractivity contribution < 1.29 is 35.1 Å². The highest BCUT2D eigenvalue weighted by Crippen LogP contribution is 2.29. The summed E-state index contributed by atoms with van der Waals surface area (Å²) in [4.78, 5) is 10.7. The van der Waals surface area contributed by atoms with Crippen molar-refractivity contribution >= 4 is 5.97 Å². The Morgan fingerprint density at radius 1 is 1.56 bits per heavy atom. The van der Waals surface area contributed by atoms with Crippen LogP contribution in [0.2, 0.25) is 0 Å². The minimum absolute atomic E-state index is 0.301. The van der Waals surface area contributed by atoms with Crippen molar-refractivity contribution in [2.45, 2.75) is 36.6 Å². The number of aliphatic hydroxyl groups excluding tert-OH is 3. The van der Waals surface area contributed by atoms with Crippen molar-refractivity contribution in [2.24, 2.45) is 5.73 Å². The molecule has 0 aliphatic carbocycles. The topological polar surface area (TPSA) is 153 Å². The highest BCUT2D eigenvalue weighted by atomic mass is 16.7. The molecule has 0 aromatic heterocycles. The summed E-state index contributed by atoms with van der Waals surface area (Å²) in [5.41, 5.74) is 5.12. The van der Waals surface area contributed by atoms with E-state index in [4.69, 9.17) is 10.8 Å². The number of nitrogens with two attached hydrogens (primary N) is 1. The predicted octanol–water partition coefficient (Wildman–Crippen LogP) is -3.41. The Kier molecular flexibility index (Phi) is 3.84. The van der Waals surface area contributed by atoms with Crippen molar-refractivity contribution in [1.29, 1.82) is 0 Å². The molecule has 0 aromatic carbocycles. The van der Waals surface area contributed by atoms with Crippen molar-refractivity contribution in [3.8, 4) is 0 Å². The number of carbonyl (C=O) groups is 1. The van der Waals surface area contributed by atoms with Gasteiger partial charge in [0.25, 0.3) is 5.79 Å². The maximum absolute atomic E-state index is 10.7. The SMILES string of the molecule is NC[C@@H](O)C1O[C@@](O)(C(=O)O)CC(O)C1O. The number of ether oxygens (including phenoxy) is 1. The monoisotopic (exact) mass is 237 g/mol. The second-order valence-corrected chi connectivity index (χ2v) is 3.74. The van der Waals surface area contributed by atoms with Gasteiger partial charge in [-0.2, -0.15) is 0 Å². The molecule has 8 nitrogen and oxygen atoms in total. The lowest BCUT2D eigenvalue weighted by atomic mass is 9.92. The predicted molar refractivity (Wildman–Crippen MR) is 49.2 cm³/mol. The maximum Gasteiger partial charge on any atom is 0.364 e. The Labute approximate surface area is 90.9 Å². The van der Waals surface area contributed by atoms with Crippen LogP contribution >= 0.6 is 0 Å². The molecule has 5 atom stereocenters. The molecule has 0 aromatic rings. The van der Waals surface area contributed by atoms with Gasteiger partial charge in [0, 0.05) is 13.0 Å². The van der Waals surface area contributed by atoms with Gasteiger partial charge in [-0.25, -0.2) is 4.79 Å². The van der Waals surface area contributed by atoms with Crippen LogP contribution in [0.25, 0.3) is 0 Å². The van der Waals surface area contributed by atoms with E-state index in [1.54, 1.807) is 0 Å².